The van der Waals surface area contributed by atoms with Gasteiger partial charge in [-0.2, -0.15) is 18.3 Å². The topological polar surface area (TPSA) is 84.1 Å². The normalized spacial score (nSPS) is 17.0. The van der Waals surface area contributed by atoms with Gasteiger partial charge < -0.3 is 10.1 Å². The molecule has 1 aromatic heterocycles. The Labute approximate surface area is 140 Å². The van der Waals surface area contributed by atoms with Crippen molar-refractivity contribution in [1.82, 2.24) is 10.2 Å². The molecule has 1 amide bonds. The van der Waals surface area contributed by atoms with Crippen molar-refractivity contribution in [1.29, 1.82) is 0 Å². The summed E-state index contributed by atoms with van der Waals surface area (Å²) in [4.78, 5) is 23.8. The first-order valence-electron chi connectivity index (χ1n) is 7.40. The third-order valence-corrected chi connectivity index (χ3v) is 3.95. The number of halogens is 3. The summed E-state index contributed by atoms with van der Waals surface area (Å²) in [6, 6.07) is 5.90. The minimum absolute atomic E-state index is 0.00794. The minimum Gasteiger partial charge on any atom is -0.464 e. The van der Waals surface area contributed by atoms with Crippen molar-refractivity contribution in [2.24, 2.45) is 0 Å². The maximum atomic E-state index is 12.6. The van der Waals surface area contributed by atoms with E-state index in [2.05, 4.69) is 20.3 Å². The van der Waals surface area contributed by atoms with Crippen LogP contribution < -0.4 is 5.32 Å². The Morgan fingerprint density at radius 1 is 1.40 bits per heavy atom. The second-order valence-corrected chi connectivity index (χ2v) is 5.69. The van der Waals surface area contributed by atoms with Gasteiger partial charge in [0, 0.05) is 17.9 Å². The molecule has 2 aromatic rings. The highest BCUT2D eigenvalue weighted by molar-refractivity contribution is 5.98. The van der Waals surface area contributed by atoms with Crippen molar-refractivity contribution in [2.45, 2.75) is 24.9 Å². The van der Waals surface area contributed by atoms with Gasteiger partial charge in [0.15, 0.2) is 5.82 Å². The molecule has 0 saturated heterocycles. The molecular formula is C16H14F3N3O3. The standard InChI is InChI=1S/C16H14F3N3O3/c1-25-15(24)13-12-10(6-11(23)20-14(12)22-21-13)9-4-2-3-8(5-9)7-16(17,18)19/h2-5,10H,6-7H2,1H3,(H2,20,21,22,23). The van der Waals surface area contributed by atoms with Gasteiger partial charge >= 0.3 is 12.1 Å². The van der Waals surface area contributed by atoms with Crippen LogP contribution in [0.5, 0.6) is 0 Å². The number of nitrogens with one attached hydrogen (secondary N) is 2. The number of aromatic nitrogens is 2. The molecule has 25 heavy (non-hydrogen) atoms. The molecule has 9 heteroatoms. The highest BCUT2D eigenvalue weighted by atomic mass is 19.4. The average Bonchev–Trinajstić information content (AvgIpc) is 2.95. The number of nitrogens with zero attached hydrogens (tertiary/aromatic N) is 1. The molecule has 1 unspecified atom stereocenters. The van der Waals surface area contributed by atoms with Crippen LogP contribution in [0.4, 0.5) is 19.0 Å². The van der Waals surface area contributed by atoms with E-state index in [9.17, 15) is 22.8 Å². The first-order valence-corrected chi connectivity index (χ1v) is 7.40. The number of esters is 1. The summed E-state index contributed by atoms with van der Waals surface area (Å²) in [6.07, 6.45) is -5.41. The van der Waals surface area contributed by atoms with Crippen LogP contribution in [0.15, 0.2) is 24.3 Å². The van der Waals surface area contributed by atoms with Crippen molar-refractivity contribution >= 4 is 17.7 Å². The van der Waals surface area contributed by atoms with Crippen LogP contribution in [0.2, 0.25) is 0 Å². The number of amides is 1. The number of rotatable bonds is 3. The van der Waals surface area contributed by atoms with Gasteiger partial charge in [-0.1, -0.05) is 24.3 Å². The summed E-state index contributed by atoms with van der Waals surface area (Å²) in [5, 5.41) is 8.96. The number of carbonyl (C=O) groups excluding carboxylic acids is 2. The zero-order valence-electron chi connectivity index (χ0n) is 13.1. The third kappa shape index (κ3) is 3.49. The molecule has 0 bridgehead atoms. The van der Waals surface area contributed by atoms with Gasteiger partial charge in [0.25, 0.3) is 0 Å². The Balaban J connectivity index is 2.04. The Morgan fingerprint density at radius 2 is 2.16 bits per heavy atom. The quantitative estimate of drug-likeness (QED) is 0.831. The number of aromatic amines is 1. The molecule has 1 atom stereocenters. The van der Waals surface area contributed by atoms with Gasteiger partial charge in [0.2, 0.25) is 5.91 Å². The fourth-order valence-electron chi connectivity index (χ4n) is 2.95. The second kappa shape index (κ2) is 6.23. The Bertz CT molecular complexity index is 830. The lowest BCUT2D eigenvalue weighted by Crippen LogP contribution is -2.24. The van der Waals surface area contributed by atoms with Gasteiger partial charge in [0.1, 0.15) is 5.69 Å². The smallest absolute Gasteiger partial charge is 0.393 e. The van der Waals surface area contributed by atoms with E-state index in [1.165, 1.54) is 25.3 Å². The van der Waals surface area contributed by atoms with E-state index >= 15 is 0 Å². The summed E-state index contributed by atoms with van der Waals surface area (Å²) >= 11 is 0. The van der Waals surface area contributed by atoms with E-state index in [0.717, 1.165) is 0 Å². The number of fused-ring (bicyclic) bond motifs is 1. The van der Waals surface area contributed by atoms with E-state index in [4.69, 9.17) is 0 Å². The molecule has 0 aliphatic carbocycles. The van der Waals surface area contributed by atoms with E-state index < -0.39 is 24.5 Å². The van der Waals surface area contributed by atoms with Crippen molar-refractivity contribution in [3.63, 3.8) is 0 Å². The molecule has 0 fully saturated rings. The molecule has 132 valence electrons. The number of ether oxygens (including phenoxy) is 1. The molecule has 6 nitrogen and oxygen atoms in total. The van der Waals surface area contributed by atoms with E-state index in [-0.39, 0.29) is 29.4 Å². The number of methoxy groups -OCH3 is 1. The van der Waals surface area contributed by atoms with Gasteiger partial charge in [-0.15, -0.1) is 0 Å². The predicted molar refractivity (Wildman–Crippen MR) is 81.2 cm³/mol. The average molecular weight is 353 g/mol. The lowest BCUT2D eigenvalue weighted by Gasteiger charge is -2.23. The van der Waals surface area contributed by atoms with Crippen molar-refractivity contribution in [2.75, 3.05) is 12.4 Å². The molecule has 1 aromatic carbocycles. The van der Waals surface area contributed by atoms with Crippen LogP contribution in [0.3, 0.4) is 0 Å². The zero-order chi connectivity index (χ0) is 18.2. The second-order valence-electron chi connectivity index (χ2n) is 5.69. The lowest BCUT2D eigenvalue weighted by molar-refractivity contribution is -0.127. The highest BCUT2D eigenvalue weighted by Crippen LogP contribution is 2.38. The maximum Gasteiger partial charge on any atom is 0.393 e. The molecule has 0 radical (unpaired) electrons. The third-order valence-electron chi connectivity index (χ3n) is 3.95. The Kier molecular flexibility index (Phi) is 4.23. The highest BCUT2D eigenvalue weighted by Gasteiger charge is 2.34. The number of H-pyrrole nitrogens is 1. The summed E-state index contributed by atoms with van der Waals surface area (Å²) in [6.45, 7) is 0. The van der Waals surface area contributed by atoms with Crippen molar-refractivity contribution in [3.05, 3.63) is 46.6 Å². The van der Waals surface area contributed by atoms with Crippen LogP contribution in [-0.2, 0) is 16.0 Å². The minimum atomic E-state index is -4.33. The van der Waals surface area contributed by atoms with Gasteiger partial charge in [0.05, 0.1) is 13.5 Å². The van der Waals surface area contributed by atoms with Crippen LogP contribution in [-0.4, -0.2) is 35.4 Å². The van der Waals surface area contributed by atoms with E-state index in [0.29, 0.717) is 11.1 Å². The molecule has 3 rings (SSSR count). The monoisotopic (exact) mass is 353 g/mol. The molecule has 2 heterocycles. The number of alkyl halides is 3. The molecular weight excluding hydrogens is 339 g/mol. The van der Waals surface area contributed by atoms with Gasteiger partial charge in [-0.25, -0.2) is 4.79 Å². The van der Waals surface area contributed by atoms with Gasteiger partial charge in [-0.05, 0) is 11.1 Å². The number of anilines is 1. The molecule has 0 saturated carbocycles. The number of hydrogen-bond acceptors (Lipinski definition) is 4. The summed E-state index contributed by atoms with van der Waals surface area (Å²) in [5.41, 5.74) is 1.07. The van der Waals surface area contributed by atoms with Crippen molar-refractivity contribution < 1.29 is 27.5 Å². The van der Waals surface area contributed by atoms with Crippen LogP contribution >= 0.6 is 0 Å². The first-order chi connectivity index (χ1) is 11.8. The molecule has 1 aliphatic heterocycles. The van der Waals surface area contributed by atoms with Crippen LogP contribution in [0, 0.1) is 0 Å². The van der Waals surface area contributed by atoms with Crippen LogP contribution in [0.25, 0.3) is 0 Å². The molecule has 2 N–H and O–H groups in total. The SMILES string of the molecule is COC(=O)c1[nH]nc2c1C(c1cccc(CC(F)(F)F)c1)CC(=O)N2. The maximum absolute atomic E-state index is 12.6. The first kappa shape index (κ1) is 17.0. The summed E-state index contributed by atoms with van der Waals surface area (Å²) < 4.78 is 42.6. The largest absolute Gasteiger partial charge is 0.464 e. The molecule has 1 aliphatic rings. The summed E-state index contributed by atoms with van der Waals surface area (Å²) in [7, 11) is 1.20. The number of carbonyl (C=O) groups is 2. The van der Waals surface area contributed by atoms with Gasteiger partial charge in [-0.3, -0.25) is 9.89 Å². The van der Waals surface area contributed by atoms with Crippen LogP contribution in [0.1, 0.15) is 39.5 Å². The number of hydrogen-bond donors (Lipinski definition) is 2. The fraction of sp³-hybridized carbons (Fsp3) is 0.312. The number of benzene rings is 1. The lowest BCUT2D eigenvalue weighted by atomic mass is 9.85. The Morgan fingerprint density at radius 3 is 2.84 bits per heavy atom. The van der Waals surface area contributed by atoms with Crippen molar-refractivity contribution in [3.8, 4) is 0 Å². The zero-order valence-corrected chi connectivity index (χ0v) is 13.1. The Hall–Kier alpha value is -2.84. The van der Waals surface area contributed by atoms with E-state index in [1.54, 1.807) is 6.07 Å². The fourth-order valence-corrected chi connectivity index (χ4v) is 2.95. The van der Waals surface area contributed by atoms with E-state index in [1.807, 2.05) is 0 Å². The molecule has 0 spiro atoms. The summed E-state index contributed by atoms with van der Waals surface area (Å²) in [5.74, 6) is -1.41. The predicted octanol–water partition coefficient (Wildman–Crippen LogP) is 2.78.